The summed E-state index contributed by atoms with van der Waals surface area (Å²) in [4.78, 5) is 37.9. The van der Waals surface area contributed by atoms with Crippen molar-refractivity contribution in [1.29, 1.82) is 0 Å². The maximum atomic E-state index is 12.4. The van der Waals surface area contributed by atoms with Crippen molar-refractivity contribution in [1.82, 2.24) is 4.90 Å². The van der Waals surface area contributed by atoms with E-state index in [0.717, 1.165) is 22.4 Å². The van der Waals surface area contributed by atoms with Crippen molar-refractivity contribution in [2.24, 2.45) is 0 Å². The Labute approximate surface area is 169 Å². The summed E-state index contributed by atoms with van der Waals surface area (Å²) in [6.07, 6.45) is -0.398. The van der Waals surface area contributed by atoms with Gasteiger partial charge in [0.05, 0.1) is 0 Å². The second-order valence-corrected chi connectivity index (χ2v) is 7.02. The van der Waals surface area contributed by atoms with Crippen LogP contribution < -0.4 is 5.32 Å². The minimum atomic E-state index is -0.830. The Morgan fingerprint density at radius 2 is 1.93 bits per heavy atom. The lowest BCUT2D eigenvalue weighted by atomic mass is 10.1. The minimum Gasteiger partial charge on any atom is -0.444 e. The van der Waals surface area contributed by atoms with Gasteiger partial charge in [-0.15, -0.1) is 0 Å². The van der Waals surface area contributed by atoms with Gasteiger partial charge in [0, 0.05) is 12.1 Å². The van der Waals surface area contributed by atoms with Gasteiger partial charge in [0.2, 0.25) is 5.91 Å². The van der Waals surface area contributed by atoms with Crippen LogP contribution in [0.1, 0.15) is 29.5 Å². The number of aryl methyl sites for hydroxylation is 2. The predicted molar refractivity (Wildman–Crippen MR) is 107 cm³/mol. The van der Waals surface area contributed by atoms with Crippen molar-refractivity contribution in [3.8, 4) is 0 Å². The maximum absolute atomic E-state index is 12.4. The third-order valence-electron chi connectivity index (χ3n) is 4.73. The summed E-state index contributed by atoms with van der Waals surface area (Å²) >= 11 is 0. The third-order valence-corrected chi connectivity index (χ3v) is 4.73. The average molecular weight is 396 g/mol. The van der Waals surface area contributed by atoms with E-state index in [-0.39, 0.29) is 32.1 Å². The van der Waals surface area contributed by atoms with E-state index < -0.39 is 18.1 Å². The molecule has 0 bridgehead atoms. The fourth-order valence-electron chi connectivity index (χ4n) is 3.14. The van der Waals surface area contributed by atoms with Gasteiger partial charge < -0.3 is 14.8 Å². The van der Waals surface area contributed by atoms with Crippen LogP contribution in [0.3, 0.4) is 0 Å². The normalized spacial score (nSPS) is 15.7. The van der Waals surface area contributed by atoms with Gasteiger partial charge in [-0.3, -0.25) is 9.69 Å². The quantitative estimate of drug-likeness (QED) is 0.755. The molecule has 1 heterocycles. The first-order valence-corrected chi connectivity index (χ1v) is 9.45. The van der Waals surface area contributed by atoms with Crippen LogP contribution in [0.25, 0.3) is 0 Å². The highest BCUT2D eigenvalue weighted by Crippen LogP contribution is 2.20. The number of ether oxygens (including phenoxy) is 2. The Balaban J connectivity index is 1.53. The summed E-state index contributed by atoms with van der Waals surface area (Å²) < 4.78 is 10.3. The van der Waals surface area contributed by atoms with Gasteiger partial charge in [-0.25, -0.2) is 9.59 Å². The molecule has 7 nitrogen and oxygen atoms in total. The molecule has 1 aliphatic heterocycles. The first-order chi connectivity index (χ1) is 13.9. The smallest absolute Gasteiger partial charge is 0.413 e. The lowest BCUT2D eigenvalue weighted by Gasteiger charge is -2.19. The van der Waals surface area contributed by atoms with Gasteiger partial charge >= 0.3 is 12.1 Å². The molecule has 7 heteroatoms. The van der Waals surface area contributed by atoms with E-state index in [1.807, 2.05) is 62.4 Å². The summed E-state index contributed by atoms with van der Waals surface area (Å²) in [6.45, 7) is 3.83. The summed E-state index contributed by atoms with van der Waals surface area (Å²) in [5, 5.41) is 2.84. The van der Waals surface area contributed by atoms with Crippen LogP contribution in [0.15, 0.2) is 48.5 Å². The predicted octanol–water partition coefficient (Wildman–Crippen LogP) is 3.54. The van der Waals surface area contributed by atoms with E-state index in [4.69, 9.17) is 9.47 Å². The Bertz CT molecular complexity index is 897. The number of hydrogen-bond acceptors (Lipinski definition) is 5. The summed E-state index contributed by atoms with van der Waals surface area (Å²) in [5.74, 6) is -0.754. The summed E-state index contributed by atoms with van der Waals surface area (Å²) in [6, 6.07) is 14.2. The molecule has 0 aromatic heterocycles. The maximum Gasteiger partial charge on any atom is 0.413 e. The van der Waals surface area contributed by atoms with E-state index in [9.17, 15) is 14.4 Å². The van der Waals surface area contributed by atoms with Gasteiger partial charge in [0.15, 0.2) is 6.73 Å². The molecule has 2 aromatic carbocycles. The van der Waals surface area contributed by atoms with Gasteiger partial charge in [-0.1, -0.05) is 48.0 Å². The lowest BCUT2D eigenvalue weighted by Crippen LogP contribution is -2.39. The molecule has 1 saturated heterocycles. The number of anilines is 1. The van der Waals surface area contributed by atoms with Crippen LogP contribution in [0.4, 0.5) is 10.5 Å². The second-order valence-electron chi connectivity index (χ2n) is 7.02. The number of benzene rings is 2. The Morgan fingerprint density at radius 3 is 2.66 bits per heavy atom. The van der Waals surface area contributed by atoms with Crippen molar-refractivity contribution < 1.29 is 23.9 Å². The molecule has 0 aliphatic carbocycles. The molecule has 1 fully saturated rings. The van der Waals surface area contributed by atoms with E-state index in [2.05, 4.69) is 5.32 Å². The van der Waals surface area contributed by atoms with Crippen LogP contribution in [0, 0.1) is 13.8 Å². The van der Waals surface area contributed by atoms with Gasteiger partial charge in [-0.05, 0) is 37.5 Å². The van der Waals surface area contributed by atoms with Gasteiger partial charge in [-0.2, -0.15) is 0 Å². The van der Waals surface area contributed by atoms with Gasteiger partial charge in [0.25, 0.3) is 0 Å². The number of hydrogen-bond donors (Lipinski definition) is 1. The van der Waals surface area contributed by atoms with Crippen molar-refractivity contribution >= 4 is 23.7 Å². The molecule has 1 unspecified atom stereocenters. The molecule has 0 radical (unpaired) electrons. The standard InChI is InChI=1S/C22H24N2O5/c1-15-8-9-18(16(2)12-15)23-20(25)11-10-19-21(26)29-14-24(19)22(27)28-13-17-6-4-3-5-7-17/h3-9,12,19H,10-11,13-14H2,1-2H3,(H,23,25). The SMILES string of the molecule is Cc1ccc(NC(=O)CCC2C(=O)OCN2C(=O)OCc2ccccc2)c(C)c1. The number of carbonyl (C=O) groups is 3. The molecule has 2 aromatic rings. The fraction of sp³-hybridized carbons (Fsp3) is 0.318. The molecule has 1 atom stereocenters. The zero-order chi connectivity index (χ0) is 20.8. The molecule has 2 amide bonds. The van der Waals surface area contributed by atoms with Crippen molar-refractivity contribution in [3.63, 3.8) is 0 Å². The van der Waals surface area contributed by atoms with Crippen LogP contribution in [-0.2, 0) is 25.7 Å². The number of rotatable bonds is 6. The first-order valence-electron chi connectivity index (χ1n) is 9.45. The van der Waals surface area contributed by atoms with Crippen LogP contribution in [0.5, 0.6) is 0 Å². The average Bonchev–Trinajstić information content (AvgIpc) is 3.08. The number of cyclic esters (lactones) is 1. The van der Waals surface area contributed by atoms with Crippen LogP contribution in [0.2, 0.25) is 0 Å². The van der Waals surface area contributed by atoms with Crippen LogP contribution in [-0.4, -0.2) is 35.6 Å². The molecular weight excluding hydrogens is 372 g/mol. The molecule has 29 heavy (non-hydrogen) atoms. The Morgan fingerprint density at radius 1 is 1.17 bits per heavy atom. The molecule has 0 spiro atoms. The molecule has 152 valence electrons. The lowest BCUT2D eigenvalue weighted by molar-refractivity contribution is -0.139. The molecule has 0 saturated carbocycles. The molecular formula is C22H24N2O5. The number of amides is 2. The third kappa shape index (κ3) is 5.34. The minimum absolute atomic E-state index is 0.0789. The zero-order valence-corrected chi connectivity index (χ0v) is 16.5. The highest BCUT2D eigenvalue weighted by Gasteiger charge is 2.38. The van der Waals surface area contributed by atoms with Crippen molar-refractivity contribution in [3.05, 3.63) is 65.2 Å². The van der Waals surface area contributed by atoms with E-state index in [1.54, 1.807) is 0 Å². The number of nitrogens with zero attached hydrogens (tertiary/aromatic N) is 1. The van der Waals surface area contributed by atoms with E-state index in [0.29, 0.717) is 0 Å². The fourth-order valence-corrected chi connectivity index (χ4v) is 3.14. The number of esters is 1. The van der Waals surface area contributed by atoms with E-state index in [1.165, 1.54) is 4.90 Å². The first kappa shape index (κ1) is 20.4. The van der Waals surface area contributed by atoms with Gasteiger partial charge in [0.1, 0.15) is 12.6 Å². The molecule has 1 aliphatic rings. The Kier molecular flexibility index (Phi) is 6.49. The monoisotopic (exact) mass is 396 g/mol. The topological polar surface area (TPSA) is 84.9 Å². The van der Waals surface area contributed by atoms with Crippen LogP contribution >= 0.6 is 0 Å². The second kappa shape index (κ2) is 9.23. The molecule has 3 rings (SSSR count). The highest BCUT2D eigenvalue weighted by molar-refractivity contribution is 5.92. The number of carbonyl (C=O) groups excluding carboxylic acids is 3. The largest absolute Gasteiger partial charge is 0.444 e. The van der Waals surface area contributed by atoms with Crippen molar-refractivity contribution in [2.45, 2.75) is 39.3 Å². The molecule has 1 N–H and O–H groups in total. The Hall–Kier alpha value is -3.35. The highest BCUT2D eigenvalue weighted by atomic mass is 16.6. The zero-order valence-electron chi connectivity index (χ0n) is 16.5. The number of nitrogens with one attached hydrogen (secondary N) is 1. The van der Waals surface area contributed by atoms with Crippen molar-refractivity contribution in [2.75, 3.05) is 12.0 Å². The summed E-state index contributed by atoms with van der Waals surface area (Å²) in [5.41, 5.74) is 3.65. The van der Waals surface area contributed by atoms with E-state index >= 15 is 0 Å². The summed E-state index contributed by atoms with van der Waals surface area (Å²) in [7, 11) is 0.